The third-order valence-corrected chi connectivity index (χ3v) is 4.74. The Bertz CT molecular complexity index is 961. The molecule has 132 valence electrons. The van der Waals surface area contributed by atoms with Crippen molar-refractivity contribution in [3.8, 4) is 11.5 Å². The van der Waals surface area contributed by atoms with Crippen molar-refractivity contribution in [1.82, 2.24) is 9.78 Å². The van der Waals surface area contributed by atoms with Gasteiger partial charge in [-0.25, -0.2) is 4.68 Å². The first-order chi connectivity index (χ1) is 12.8. The number of aromatic nitrogens is 2. The fourth-order valence-electron chi connectivity index (χ4n) is 3.51. The van der Waals surface area contributed by atoms with Crippen LogP contribution in [0.25, 0.3) is 0 Å². The van der Waals surface area contributed by atoms with E-state index in [1.54, 1.807) is 10.9 Å². The number of anilines is 1. The van der Waals surface area contributed by atoms with Gasteiger partial charge in [0.1, 0.15) is 31.3 Å². The molecule has 7 heteroatoms. The molecule has 2 aliphatic heterocycles. The Morgan fingerprint density at radius 2 is 2.08 bits per heavy atom. The number of fused-ring (bicyclic) bond motifs is 2. The van der Waals surface area contributed by atoms with Crippen molar-refractivity contribution in [2.75, 3.05) is 18.5 Å². The van der Waals surface area contributed by atoms with E-state index in [0.717, 1.165) is 34.2 Å². The molecule has 2 aromatic heterocycles. The smallest absolute Gasteiger partial charge is 0.226 e. The second-order valence-electron chi connectivity index (χ2n) is 6.39. The third-order valence-electron chi connectivity index (χ3n) is 4.74. The molecule has 1 amide bonds. The van der Waals surface area contributed by atoms with Crippen molar-refractivity contribution < 1.29 is 18.7 Å². The van der Waals surface area contributed by atoms with E-state index in [4.69, 9.17) is 13.9 Å². The molecule has 1 aromatic carbocycles. The lowest BCUT2D eigenvalue weighted by Gasteiger charge is -2.25. The van der Waals surface area contributed by atoms with E-state index in [0.29, 0.717) is 26.2 Å². The molecule has 5 rings (SSSR count). The van der Waals surface area contributed by atoms with Gasteiger partial charge < -0.3 is 19.2 Å². The van der Waals surface area contributed by atoms with Crippen LogP contribution in [0.4, 0.5) is 5.82 Å². The summed E-state index contributed by atoms with van der Waals surface area (Å²) in [6.07, 6.45) is 3.82. The monoisotopic (exact) mass is 351 g/mol. The SMILES string of the molecule is O=C1C[C@H](c2ccc3c(c2)OCCO3)c2cnn(Cc3ccco3)c2N1. The predicted molar refractivity (Wildman–Crippen MR) is 92.6 cm³/mol. The maximum Gasteiger partial charge on any atom is 0.226 e. The molecule has 0 radical (unpaired) electrons. The summed E-state index contributed by atoms with van der Waals surface area (Å²) in [5.41, 5.74) is 2.01. The maximum atomic E-state index is 12.3. The molecule has 0 saturated carbocycles. The van der Waals surface area contributed by atoms with Crippen LogP contribution >= 0.6 is 0 Å². The summed E-state index contributed by atoms with van der Waals surface area (Å²) in [6, 6.07) is 9.58. The Balaban J connectivity index is 1.52. The first-order valence-corrected chi connectivity index (χ1v) is 8.55. The quantitative estimate of drug-likeness (QED) is 0.785. The Labute approximate surface area is 149 Å². The molecule has 0 saturated heterocycles. The number of carbonyl (C=O) groups excluding carboxylic acids is 1. The second kappa shape index (κ2) is 5.94. The van der Waals surface area contributed by atoms with Crippen LogP contribution in [-0.2, 0) is 11.3 Å². The second-order valence-corrected chi connectivity index (χ2v) is 6.39. The van der Waals surface area contributed by atoms with Gasteiger partial charge in [0.05, 0.1) is 12.5 Å². The van der Waals surface area contributed by atoms with Crippen molar-refractivity contribution >= 4 is 11.7 Å². The summed E-state index contributed by atoms with van der Waals surface area (Å²) < 4.78 is 18.4. The molecule has 0 bridgehead atoms. The van der Waals surface area contributed by atoms with Crippen LogP contribution in [0.5, 0.6) is 11.5 Å². The Morgan fingerprint density at radius 3 is 2.92 bits per heavy atom. The molecule has 1 N–H and O–H groups in total. The van der Waals surface area contributed by atoms with E-state index < -0.39 is 0 Å². The van der Waals surface area contributed by atoms with Gasteiger partial charge in [-0.05, 0) is 29.8 Å². The van der Waals surface area contributed by atoms with Crippen molar-refractivity contribution in [3.05, 3.63) is 59.7 Å². The number of furan rings is 1. The predicted octanol–water partition coefficient (Wildman–Crippen LogP) is 2.77. The van der Waals surface area contributed by atoms with Crippen LogP contribution in [0.1, 0.15) is 29.2 Å². The molecule has 4 heterocycles. The highest BCUT2D eigenvalue weighted by Gasteiger charge is 2.31. The number of nitrogens with one attached hydrogen (secondary N) is 1. The van der Waals surface area contributed by atoms with E-state index >= 15 is 0 Å². The van der Waals surface area contributed by atoms with Crippen molar-refractivity contribution in [3.63, 3.8) is 0 Å². The van der Waals surface area contributed by atoms with Gasteiger partial charge in [0.25, 0.3) is 0 Å². The van der Waals surface area contributed by atoms with Crippen molar-refractivity contribution in [2.24, 2.45) is 0 Å². The minimum atomic E-state index is -0.0695. The zero-order valence-electron chi connectivity index (χ0n) is 14.0. The standard InChI is InChI=1S/C19H17N3O4/c23-18-9-14(12-3-4-16-17(8-12)26-7-6-25-16)15-10-20-22(19(15)21-18)11-13-2-1-5-24-13/h1-5,8,10,14H,6-7,9,11H2,(H,21,23)/t14-/m1/s1. The van der Waals surface area contributed by atoms with Gasteiger partial charge in [-0.1, -0.05) is 6.07 Å². The summed E-state index contributed by atoms with van der Waals surface area (Å²) >= 11 is 0. The molecule has 0 spiro atoms. The van der Waals surface area contributed by atoms with Gasteiger partial charge in [-0.15, -0.1) is 0 Å². The minimum absolute atomic E-state index is 0.0291. The number of hydrogen-bond donors (Lipinski definition) is 1. The van der Waals surface area contributed by atoms with Gasteiger partial charge in [-0.2, -0.15) is 5.10 Å². The summed E-state index contributed by atoms with van der Waals surface area (Å²) in [5, 5.41) is 7.40. The van der Waals surface area contributed by atoms with E-state index in [-0.39, 0.29) is 11.8 Å². The Morgan fingerprint density at radius 1 is 1.19 bits per heavy atom. The van der Waals surface area contributed by atoms with Crippen LogP contribution in [0.2, 0.25) is 0 Å². The highest BCUT2D eigenvalue weighted by atomic mass is 16.6. The molecule has 7 nitrogen and oxygen atoms in total. The Hall–Kier alpha value is -3.22. The molecule has 1 atom stereocenters. The van der Waals surface area contributed by atoms with Crippen LogP contribution in [0, 0.1) is 0 Å². The molecular weight excluding hydrogens is 334 g/mol. The minimum Gasteiger partial charge on any atom is -0.486 e. The van der Waals surface area contributed by atoms with E-state index in [1.807, 2.05) is 36.5 Å². The van der Waals surface area contributed by atoms with E-state index in [2.05, 4.69) is 10.4 Å². The fourth-order valence-corrected chi connectivity index (χ4v) is 3.51. The Kier molecular flexibility index (Phi) is 3.44. The average molecular weight is 351 g/mol. The fraction of sp³-hybridized carbons (Fsp3) is 0.263. The summed E-state index contributed by atoms with van der Waals surface area (Å²) in [5.74, 6) is 2.88. The lowest BCUT2D eigenvalue weighted by Crippen LogP contribution is -2.25. The largest absolute Gasteiger partial charge is 0.486 e. The highest BCUT2D eigenvalue weighted by molar-refractivity contribution is 5.94. The summed E-state index contributed by atoms with van der Waals surface area (Å²) in [4.78, 5) is 12.3. The molecule has 0 aliphatic carbocycles. The summed E-state index contributed by atoms with van der Waals surface area (Å²) in [7, 11) is 0. The van der Waals surface area contributed by atoms with Gasteiger partial charge in [0.15, 0.2) is 11.5 Å². The number of hydrogen-bond acceptors (Lipinski definition) is 5. The zero-order chi connectivity index (χ0) is 17.5. The summed E-state index contributed by atoms with van der Waals surface area (Å²) in [6.45, 7) is 1.56. The first kappa shape index (κ1) is 15.1. The topological polar surface area (TPSA) is 78.5 Å². The zero-order valence-corrected chi connectivity index (χ0v) is 14.0. The van der Waals surface area contributed by atoms with Gasteiger partial charge in [-0.3, -0.25) is 4.79 Å². The average Bonchev–Trinajstić information content (AvgIpc) is 3.31. The van der Waals surface area contributed by atoms with E-state index in [9.17, 15) is 4.79 Å². The van der Waals surface area contributed by atoms with Crippen LogP contribution < -0.4 is 14.8 Å². The molecule has 3 aromatic rings. The molecule has 0 fully saturated rings. The third kappa shape index (κ3) is 2.52. The lowest BCUT2D eigenvalue weighted by molar-refractivity contribution is -0.116. The number of nitrogens with zero attached hydrogens (tertiary/aromatic N) is 2. The van der Waals surface area contributed by atoms with E-state index in [1.165, 1.54) is 0 Å². The van der Waals surface area contributed by atoms with Gasteiger partial charge in [0.2, 0.25) is 5.91 Å². The van der Waals surface area contributed by atoms with Gasteiger partial charge >= 0.3 is 0 Å². The van der Waals surface area contributed by atoms with Crippen LogP contribution in [0.15, 0.2) is 47.2 Å². The number of rotatable bonds is 3. The number of amides is 1. The van der Waals surface area contributed by atoms with Crippen LogP contribution in [0.3, 0.4) is 0 Å². The van der Waals surface area contributed by atoms with Gasteiger partial charge in [0, 0.05) is 17.9 Å². The van der Waals surface area contributed by atoms with Crippen LogP contribution in [-0.4, -0.2) is 28.9 Å². The molecule has 2 aliphatic rings. The first-order valence-electron chi connectivity index (χ1n) is 8.55. The molecular formula is C19H17N3O4. The molecule has 0 unspecified atom stereocenters. The lowest BCUT2D eigenvalue weighted by atomic mass is 9.87. The number of benzene rings is 1. The highest BCUT2D eigenvalue weighted by Crippen LogP contribution is 2.40. The van der Waals surface area contributed by atoms with Crippen molar-refractivity contribution in [2.45, 2.75) is 18.9 Å². The number of ether oxygens (including phenoxy) is 2. The number of carbonyl (C=O) groups is 1. The molecule has 26 heavy (non-hydrogen) atoms. The maximum absolute atomic E-state index is 12.3. The van der Waals surface area contributed by atoms with Crippen molar-refractivity contribution in [1.29, 1.82) is 0 Å². The normalized spacial score (nSPS) is 18.3.